The number of hydrogen-bond donors (Lipinski definition) is 2. The zero-order chi connectivity index (χ0) is 17.4. The van der Waals surface area contributed by atoms with Crippen molar-refractivity contribution in [2.24, 2.45) is 12.8 Å². The lowest BCUT2D eigenvalue weighted by molar-refractivity contribution is 0.193. The van der Waals surface area contributed by atoms with Crippen LogP contribution in [0.1, 0.15) is 18.0 Å². The third-order valence-corrected chi connectivity index (χ3v) is 4.40. The number of nitrogens with one attached hydrogen (secondary N) is 1. The maximum absolute atomic E-state index is 11.1. The molecule has 3 N–H and O–H groups in total. The van der Waals surface area contributed by atoms with Crippen molar-refractivity contribution in [1.82, 2.24) is 19.5 Å². The fourth-order valence-corrected chi connectivity index (χ4v) is 3.15. The van der Waals surface area contributed by atoms with Crippen molar-refractivity contribution in [2.45, 2.75) is 12.3 Å². The lowest BCUT2D eigenvalue weighted by Gasteiger charge is -2.08. The molecule has 1 fully saturated rings. The number of aryl methyl sites for hydroxylation is 1. The van der Waals surface area contributed by atoms with Gasteiger partial charge in [0.05, 0.1) is 35.9 Å². The van der Waals surface area contributed by atoms with E-state index in [-0.39, 0.29) is 5.92 Å². The number of ether oxygens (including phenoxy) is 1. The van der Waals surface area contributed by atoms with E-state index < -0.39 is 6.03 Å². The normalized spacial score (nSPS) is 17.1. The van der Waals surface area contributed by atoms with Crippen LogP contribution in [0.2, 0.25) is 0 Å². The molecule has 4 rings (SSSR count). The Balaban J connectivity index is 1.80. The highest BCUT2D eigenvalue weighted by atomic mass is 16.5. The topological polar surface area (TPSA) is 108 Å². The van der Waals surface area contributed by atoms with E-state index in [0.717, 1.165) is 40.9 Å². The van der Waals surface area contributed by atoms with Crippen LogP contribution < -0.4 is 11.1 Å². The number of nitrogens with two attached hydrogens (primary N) is 1. The maximum atomic E-state index is 11.1. The predicted octanol–water partition coefficient (Wildman–Crippen LogP) is 2.02. The van der Waals surface area contributed by atoms with Crippen molar-refractivity contribution < 1.29 is 9.53 Å². The number of carbonyl (C=O) groups excluding carboxylic acids is 1. The van der Waals surface area contributed by atoms with Crippen molar-refractivity contribution in [3.8, 4) is 11.3 Å². The Kier molecular flexibility index (Phi) is 3.81. The number of primary amides is 1. The van der Waals surface area contributed by atoms with Gasteiger partial charge in [-0.25, -0.2) is 14.8 Å². The van der Waals surface area contributed by atoms with Crippen molar-refractivity contribution in [2.75, 3.05) is 18.5 Å². The van der Waals surface area contributed by atoms with E-state index >= 15 is 0 Å². The summed E-state index contributed by atoms with van der Waals surface area (Å²) in [6, 6.07) is 1.15. The van der Waals surface area contributed by atoms with Gasteiger partial charge in [-0.2, -0.15) is 0 Å². The highest BCUT2D eigenvalue weighted by Gasteiger charge is 2.20. The summed E-state index contributed by atoms with van der Waals surface area (Å²) in [5, 5.41) is 3.43. The monoisotopic (exact) mass is 338 g/mol. The molecule has 3 aromatic rings. The van der Waals surface area contributed by atoms with Gasteiger partial charge in [-0.05, 0) is 12.5 Å². The van der Waals surface area contributed by atoms with Crippen LogP contribution in [0.25, 0.3) is 22.2 Å². The minimum absolute atomic E-state index is 0.288. The molecule has 2 amide bonds. The summed E-state index contributed by atoms with van der Waals surface area (Å²) >= 11 is 0. The molecule has 1 saturated heterocycles. The molecule has 1 aliphatic rings. The number of fused-ring (bicyclic) bond motifs is 1. The molecule has 25 heavy (non-hydrogen) atoms. The quantitative estimate of drug-likeness (QED) is 0.759. The first-order valence-corrected chi connectivity index (χ1v) is 8.03. The molecule has 1 unspecified atom stereocenters. The van der Waals surface area contributed by atoms with Crippen LogP contribution in [0.4, 0.5) is 10.6 Å². The number of urea groups is 1. The molecule has 8 heteroatoms. The molecule has 0 bridgehead atoms. The van der Waals surface area contributed by atoms with Gasteiger partial charge in [0.1, 0.15) is 5.82 Å². The van der Waals surface area contributed by atoms with Gasteiger partial charge in [0.2, 0.25) is 0 Å². The molecule has 0 aromatic carbocycles. The molecular formula is C17H18N6O2. The smallest absolute Gasteiger partial charge is 0.317 e. The highest BCUT2D eigenvalue weighted by molar-refractivity contribution is 5.97. The zero-order valence-corrected chi connectivity index (χ0v) is 13.8. The number of carbonyl (C=O) groups is 1. The van der Waals surface area contributed by atoms with E-state index in [0.29, 0.717) is 12.4 Å². The van der Waals surface area contributed by atoms with E-state index in [1.54, 1.807) is 24.7 Å². The van der Waals surface area contributed by atoms with E-state index in [2.05, 4.69) is 15.3 Å². The predicted molar refractivity (Wildman–Crippen MR) is 93.1 cm³/mol. The SMILES string of the molecule is Cn1cc(-c2cncc(C3CCOC3)n2)c2cc(NC(N)=O)ncc21. The van der Waals surface area contributed by atoms with Gasteiger partial charge in [-0.1, -0.05) is 0 Å². The van der Waals surface area contributed by atoms with E-state index in [9.17, 15) is 4.79 Å². The summed E-state index contributed by atoms with van der Waals surface area (Å²) in [6.45, 7) is 1.45. The molecule has 3 aromatic heterocycles. The first-order chi connectivity index (χ1) is 12.1. The number of hydrogen-bond acceptors (Lipinski definition) is 5. The fourth-order valence-electron chi connectivity index (χ4n) is 3.15. The van der Waals surface area contributed by atoms with Gasteiger partial charge >= 0.3 is 6.03 Å². The standard InChI is InChI=1S/C17H18N6O2/c1-23-8-12(11-4-16(22-17(18)24)20-7-15(11)23)14-6-19-5-13(21-14)10-2-3-25-9-10/h4-8,10H,2-3,9H2,1H3,(H3,18,20,22,24). The van der Waals surface area contributed by atoms with Crippen LogP contribution in [0, 0.1) is 0 Å². The van der Waals surface area contributed by atoms with Gasteiger partial charge in [0.15, 0.2) is 0 Å². The van der Waals surface area contributed by atoms with E-state index in [4.69, 9.17) is 15.5 Å². The average Bonchev–Trinajstić information content (AvgIpc) is 3.23. The lowest BCUT2D eigenvalue weighted by Crippen LogP contribution is -2.19. The molecule has 0 spiro atoms. The summed E-state index contributed by atoms with van der Waals surface area (Å²) in [5.74, 6) is 0.692. The Labute approximate surface area is 144 Å². The second kappa shape index (κ2) is 6.14. The average molecular weight is 338 g/mol. The zero-order valence-electron chi connectivity index (χ0n) is 13.8. The third kappa shape index (κ3) is 2.91. The Morgan fingerprint density at radius 3 is 3.04 bits per heavy atom. The first kappa shape index (κ1) is 15.5. The van der Waals surface area contributed by atoms with Crippen LogP contribution in [-0.2, 0) is 11.8 Å². The molecular weight excluding hydrogens is 320 g/mol. The highest BCUT2D eigenvalue weighted by Crippen LogP contribution is 2.31. The van der Waals surface area contributed by atoms with Gasteiger partial charge < -0.3 is 15.0 Å². The Morgan fingerprint density at radius 2 is 2.28 bits per heavy atom. The van der Waals surface area contributed by atoms with Crippen molar-refractivity contribution >= 4 is 22.8 Å². The maximum Gasteiger partial charge on any atom is 0.317 e. The lowest BCUT2D eigenvalue weighted by atomic mass is 10.1. The summed E-state index contributed by atoms with van der Waals surface area (Å²) in [6.07, 6.45) is 8.20. The second-order valence-corrected chi connectivity index (χ2v) is 6.12. The minimum atomic E-state index is -0.646. The summed E-state index contributed by atoms with van der Waals surface area (Å²) in [5.41, 5.74) is 8.77. The minimum Gasteiger partial charge on any atom is -0.381 e. The van der Waals surface area contributed by atoms with E-state index in [1.807, 2.05) is 17.8 Å². The van der Waals surface area contributed by atoms with Crippen molar-refractivity contribution in [1.29, 1.82) is 0 Å². The van der Waals surface area contributed by atoms with Crippen LogP contribution >= 0.6 is 0 Å². The molecule has 0 saturated carbocycles. The van der Waals surface area contributed by atoms with Crippen LogP contribution in [0.15, 0.2) is 30.9 Å². The number of rotatable bonds is 3. The number of anilines is 1. The Bertz CT molecular complexity index is 945. The summed E-state index contributed by atoms with van der Waals surface area (Å²) < 4.78 is 7.42. The summed E-state index contributed by atoms with van der Waals surface area (Å²) in [4.78, 5) is 24.4. The van der Waals surface area contributed by atoms with E-state index in [1.165, 1.54) is 0 Å². The number of amides is 2. The second-order valence-electron chi connectivity index (χ2n) is 6.12. The fraction of sp³-hybridized carbons (Fsp3) is 0.294. The van der Waals surface area contributed by atoms with Crippen LogP contribution in [0.3, 0.4) is 0 Å². The molecule has 0 radical (unpaired) electrons. The number of pyridine rings is 1. The molecule has 4 heterocycles. The molecule has 128 valence electrons. The molecule has 1 atom stereocenters. The summed E-state index contributed by atoms with van der Waals surface area (Å²) in [7, 11) is 1.94. The third-order valence-electron chi connectivity index (χ3n) is 4.40. The molecule has 1 aliphatic heterocycles. The van der Waals surface area contributed by atoms with Crippen molar-refractivity contribution in [3.63, 3.8) is 0 Å². The Morgan fingerprint density at radius 1 is 1.40 bits per heavy atom. The van der Waals surface area contributed by atoms with Gasteiger partial charge in [-0.3, -0.25) is 10.3 Å². The van der Waals surface area contributed by atoms with Gasteiger partial charge in [0.25, 0.3) is 0 Å². The van der Waals surface area contributed by atoms with Crippen molar-refractivity contribution in [3.05, 3.63) is 36.5 Å². The van der Waals surface area contributed by atoms with Crippen LogP contribution in [0.5, 0.6) is 0 Å². The van der Waals surface area contributed by atoms with Gasteiger partial charge in [-0.15, -0.1) is 0 Å². The molecule has 0 aliphatic carbocycles. The van der Waals surface area contributed by atoms with Crippen LogP contribution in [-0.4, -0.2) is 38.8 Å². The number of nitrogens with zero attached hydrogens (tertiary/aromatic N) is 4. The number of aromatic nitrogens is 4. The Hall–Kier alpha value is -3.00. The molecule has 8 nitrogen and oxygen atoms in total. The van der Waals surface area contributed by atoms with Gasteiger partial charge in [0, 0.05) is 42.9 Å². The first-order valence-electron chi connectivity index (χ1n) is 8.03. The largest absolute Gasteiger partial charge is 0.381 e.